The summed E-state index contributed by atoms with van der Waals surface area (Å²) in [6.45, 7) is 7.81. The molecule has 1 N–H and O–H groups in total. The standard InChI is InChI=1S/C29H31NO6/c1-16(2)21-14-22(17(3)12-24(21)35-6)27(31)25-26(23-11-10-18(4)36-23)30(29(33)28(25)32)15-19-8-7-9-20(13-19)34-5/h7-14,16,26,31H,15H2,1-6H3/b27-25+. The van der Waals surface area contributed by atoms with Crippen molar-refractivity contribution in [3.05, 3.63) is 87.9 Å². The molecule has 1 saturated heterocycles. The number of amides is 1. The van der Waals surface area contributed by atoms with Crippen LogP contribution in [-0.2, 0) is 16.1 Å². The van der Waals surface area contributed by atoms with E-state index < -0.39 is 17.7 Å². The summed E-state index contributed by atoms with van der Waals surface area (Å²) < 4.78 is 16.7. The van der Waals surface area contributed by atoms with Gasteiger partial charge in [0.2, 0.25) is 0 Å². The number of methoxy groups -OCH3 is 2. The van der Waals surface area contributed by atoms with Crippen LogP contribution < -0.4 is 9.47 Å². The van der Waals surface area contributed by atoms with Crippen LogP contribution in [0.3, 0.4) is 0 Å². The molecule has 0 aliphatic carbocycles. The van der Waals surface area contributed by atoms with Gasteiger partial charge in [-0.3, -0.25) is 9.59 Å². The fourth-order valence-electron chi connectivity index (χ4n) is 4.63. The largest absolute Gasteiger partial charge is 0.507 e. The van der Waals surface area contributed by atoms with Crippen LogP contribution >= 0.6 is 0 Å². The van der Waals surface area contributed by atoms with Crippen molar-refractivity contribution in [2.75, 3.05) is 14.2 Å². The number of carbonyl (C=O) groups excluding carboxylic acids is 2. The minimum atomic E-state index is -0.881. The minimum absolute atomic E-state index is 0.000203. The first kappa shape index (κ1) is 25.1. The third kappa shape index (κ3) is 4.49. The van der Waals surface area contributed by atoms with Crippen LogP contribution in [-0.4, -0.2) is 35.9 Å². The Kier molecular flexibility index (Phi) is 6.93. The van der Waals surface area contributed by atoms with E-state index in [0.717, 1.165) is 16.7 Å². The van der Waals surface area contributed by atoms with E-state index in [2.05, 4.69) is 0 Å². The lowest BCUT2D eigenvalue weighted by atomic mass is 9.92. The molecule has 2 heterocycles. The Labute approximate surface area is 210 Å². The van der Waals surface area contributed by atoms with E-state index in [1.807, 2.05) is 57.2 Å². The first-order valence-electron chi connectivity index (χ1n) is 11.8. The van der Waals surface area contributed by atoms with Crippen LogP contribution in [0.25, 0.3) is 5.76 Å². The van der Waals surface area contributed by atoms with Gasteiger partial charge in [0, 0.05) is 12.1 Å². The van der Waals surface area contributed by atoms with Gasteiger partial charge in [0.1, 0.15) is 34.8 Å². The van der Waals surface area contributed by atoms with E-state index in [-0.39, 0.29) is 23.8 Å². The number of aliphatic hydroxyl groups excluding tert-OH is 1. The molecule has 36 heavy (non-hydrogen) atoms. The highest BCUT2D eigenvalue weighted by atomic mass is 16.5. The van der Waals surface area contributed by atoms with Crippen molar-refractivity contribution in [3.8, 4) is 11.5 Å². The molecule has 1 atom stereocenters. The van der Waals surface area contributed by atoms with Crippen LogP contribution in [0.4, 0.5) is 0 Å². The lowest BCUT2D eigenvalue weighted by Crippen LogP contribution is -2.29. The molecule has 1 fully saturated rings. The van der Waals surface area contributed by atoms with Gasteiger partial charge in [0.15, 0.2) is 0 Å². The number of nitrogens with zero attached hydrogens (tertiary/aromatic N) is 1. The number of carbonyl (C=O) groups is 2. The molecule has 1 aromatic heterocycles. The number of likely N-dealkylation sites (tertiary alicyclic amines) is 1. The van der Waals surface area contributed by atoms with Gasteiger partial charge >= 0.3 is 0 Å². The predicted octanol–water partition coefficient (Wildman–Crippen LogP) is 5.66. The van der Waals surface area contributed by atoms with Gasteiger partial charge in [-0.25, -0.2) is 0 Å². The summed E-state index contributed by atoms with van der Waals surface area (Å²) in [4.78, 5) is 28.1. The quantitative estimate of drug-likeness (QED) is 0.262. The molecule has 0 bridgehead atoms. The van der Waals surface area contributed by atoms with Crippen LogP contribution in [0.5, 0.6) is 11.5 Å². The van der Waals surface area contributed by atoms with Gasteiger partial charge in [-0.15, -0.1) is 0 Å². The van der Waals surface area contributed by atoms with Crippen molar-refractivity contribution in [2.45, 2.75) is 46.2 Å². The van der Waals surface area contributed by atoms with Gasteiger partial charge in [-0.05, 0) is 72.9 Å². The van der Waals surface area contributed by atoms with Crippen LogP contribution in [0.15, 0.2) is 58.5 Å². The van der Waals surface area contributed by atoms with Crippen LogP contribution in [0.1, 0.15) is 59.6 Å². The number of hydrogen-bond acceptors (Lipinski definition) is 6. The summed E-state index contributed by atoms with van der Waals surface area (Å²) in [5.74, 6) is 0.824. The van der Waals surface area contributed by atoms with Crippen molar-refractivity contribution in [1.29, 1.82) is 0 Å². The average molecular weight is 490 g/mol. The highest BCUT2D eigenvalue weighted by molar-refractivity contribution is 6.46. The fourth-order valence-corrected chi connectivity index (χ4v) is 4.63. The Morgan fingerprint density at radius 1 is 1.06 bits per heavy atom. The second-order valence-electron chi connectivity index (χ2n) is 9.29. The van der Waals surface area contributed by atoms with E-state index in [1.165, 1.54) is 4.90 Å². The Hall–Kier alpha value is -4.00. The second kappa shape index (κ2) is 9.93. The highest BCUT2D eigenvalue weighted by Crippen LogP contribution is 2.42. The van der Waals surface area contributed by atoms with E-state index in [4.69, 9.17) is 13.9 Å². The fraction of sp³-hybridized carbons (Fsp3) is 0.310. The maximum Gasteiger partial charge on any atom is 0.296 e. The third-order valence-electron chi connectivity index (χ3n) is 6.51. The van der Waals surface area contributed by atoms with Gasteiger partial charge in [-0.1, -0.05) is 26.0 Å². The summed E-state index contributed by atoms with van der Waals surface area (Å²) in [7, 11) is 3.17. The maximum atomic E-state index is 13.4. The molecule has 4 rings (SSSR count). The minimum Gasteiger partial charge on any atom is -0.507 e. The van der Waals surface area contributed by atoms with E-state index in [0.29, 0.717) is 28.6 Å². The van der Waals surface area contributed by atoms with Gasteiger partial charge in [0.05, 0.1) is 19.8 Å². The summed E-state index contributed by atoms with van der Waals surface area (Å²) in [5.41, 5.74) is 2.88. The normalized spacial score (nSPS) is 17.2. The number of ether oxygens (including phenoxy) is 2. The smallest absolute Gasteiger partial charge is 0.296 e. The number of hydrogen-bond donors (Lipinski definition) is 1. The molecule has 0 radical (unpaired) electrons. The summed E-state index contributed by atoms with van der Waals surface area (Å²) in [6, 6.07) is 13.6. The van der Waals surface area contributed by atoms with Gasteiger partial charge < -0.3 is 23.9 Å². The zero-order valence-electron chi connectivity index (χ0n) is 21.4. The van der Waals surface area contributed by atoms with Crippen LogP contribution in [0.2, 0.25) is 0 Å². The molecule has 188 valence electrons. The van der Waals surface area contributed by atoms with E-state index in [9.17, 15) is 14.7 Å². The average Bonchev–Trinajstić information content (AvgIpc) is 3.39. The SMILES string of the molecule is COc1cccc(CN2C(=O)C(=O)/C(=C(/O)c3cc(C(C)C)c(OC)cc3C)C2c2ccc(C)o2)c1. The molecule has 3 aromatic rings. The van der Waals surface area contributed by atoms with E-state index >= 15 is 0 Å². The van der Waals surface area contributed by atoms with Crippen molar-refractivity contribution in [3.63, 3.8) is 0 Å². The predicted molar refractivity (Wildman–Crippen MR) is 136 cm³/mol. The van der Waals surface area contributed by atoms with Crippen molar-refractivity contribution < 1.29 is 28.6 Å². The lowest BCUT2D eigenvalue weighted by molar-refractivity contribution is -0.140. The molecular formula is C29H31NO6. The van der Waals surface area contributed by atoms with Crippen LogP contribution in [0, 0.1) is 13.8 Å². The van der Waals surface area contributed by atoms with Crippen molar-refractivity contribution in [1.82, 2.24) is 4.90 Å². The second-order valence-corrected chi connectivity index (χ2v) is 9.29. The molecular weight excluding hydrogens is 458 g/mol. The Bertz CT molecular complexity index is 1350. The molecule has 1 aliphatic heterocycles. The lowest BCUT2D eigenvalue weighted by Gasteiger charge is -2.24. The number of rotatable bonds is 7. The summed E-state index contributed by atoms with van der Waals surface area (Å²) >= 11 is 0. The monoisotopic (exact) mass is 489 g/mol. The molecule has 1 unspecified atom stereocenters. The number of Topliss-reactive ketones (excluding diaryl/α,β-unsaturated/α-hetero) is 1. The van der Waals surface area contributed by atoms with E-state index in [1.54, 1.807) is 33.3 Å². The molecule has 0 spiro atoms. The van der Waals surface area contributed by atoms with Crippen molar-refractivity contribution >= 4 is 17.4 Å². The topological polar surface area (TPSA) is 89.2 Å². The third-order valence-corrected chi connectivity index (χ3v) is 6.51. The molecule has 1 amide bonds. The zero-order chi connectivity index (χ0) is 26.1. The number of aliphatic hydroxyl groups is 1. The number of furan rings is 1. The Morgan fingerprint density at radius 2 is 1.81 bits per heavy atom. The first-order chi connectivity index (χ1) is 17.2. The summed E-state index contributed by atoms with van der Waals surface area (Å²) in [5, 5.41) is 11.5. The first-order valence-corrected chi connectivity index (χ1v) is 11.8. The number of ketones is 1. The molecule has 0 saturated carbocycles. The van der Waals surface area contributed by atoms with Gasteiger partial charge in [-0.2, -0.15) is 0 Å². The number of aryl methyl sites for hydroxylation is 2. The summed E-state index contributed by atoms with van der Waals surface area (Å²) in [6.07, 6.45) is 0. The molecule has 1 aliphatic rings. The molecule has 7 nitrogen and oxygen atoms in total. The zero-order valence-corrected chi connectivity index (χ0v) is 21.4. The maximum absolute atomic E-state index is 13.4. The molecule has 2 aromatic carbocycles. The van der Waals surface area contributed by atoms with Crippen molar-refractivity contribution in [2.24, 2.45) is 0 Å². The number of benzene rings is 2. The Balaban J connectivity index is 1.89. The molecule has 7 heteroatoms. The highest BCUT2D eigenvalue weighted by Gasteiger charge is 2.47. The van der Waals surface area contributed by atoms with Gasteiger partial charge in [0.25, 0.3) is 11.7 Å². The Morgan fingerprint density at radius 3 is 2.42 bits per heavy atom.